The zero-order valence-electron chi connectivity index (χ0n) is 18.1. The minimum atomic E-state index is -4.48. The predicted molar refractivity (Wildman–Crippen MR) is 122 cm³/mol. The lowest BCUT2D eigenvalue weighted by Gasteiger charge is -2.32. The number of carbonyl (C=O) groups is 2. The third kappa shape index (κ3) is 4.58. The lowest BCUT2D eigenvalue weighted by molar-refractivity contribution is -0.138. The number of carbonyl (C=O) groups excluding carboxylic acids is 2. The second-order valence-corrected chi connectivity index (χ2v) is 7.75. The van der Waals surface area contributed by atoms with Gasteiger partial charge in [-0.15, -0.1) is 0 Å². The summed E-state index contributed by atoms with van der Waals surface area (Å²) in [6.45, 7) is 5.17. The molecule has 174 valence electrons. The highest BCUT2D eigenvalue weighted by molar-refractivity contribution is 7.59. The number of benzene rings is 1. The van der Waals surface area contributed by atoms with E-state index in [2.05, 4.69) is 15.4 Å². The van der Waals surface area contributed by atoms with Crippen LogP contribution in [0.25, 0.3) is 0 Å². The van der Waals surface area contributed by atoms with Gasteiger partial charge in [-0.05, 0) is 56.7 Å². The molecule has 1 N–H and O–H groups in total. The molecule has 1 aliphatic rings. The number of amides is 2. The molecule has 1 atom stereocenters. The molecule has 0 aliphatic carbocycles. The number of aryl methyl sites for hydroxylation is 2. The number of pyridine rings is 1. The molecule has 0 spiro atoms. The Labute approximate surface area is 195 Å². The minimum Gasteiger partial charge on any atom is -0.322 e. The van der Waals surface area contributed by atoms with E-state index in [9.17, 15) is 22.8 Å². The Bertz CT molecular complexity index is 1220. The quantitative estimate of drug-likeness (QED) is 0.603. The van der Waals surface area contributed by atoms with E-state index in [1.54, 1.807) is 25.3 Å². The number of aromatic nitrogens is 3. The summed E-state index contributed by atoms with van der Waals surface area (Å²) in [5, 5.41) is 6.94. The summed E-state index contributed by atoms with van der Waals surface area (Å²) < 4.78 is 40.8. The van der Waals surface area contributed by atoms with E-state index in [0.29, 0.717) is 17.1 Å². The van der Waals surface area contributed by atoms with Crippen molar-refractivity contribution < 1.29 is 22.8 Å². The fourth-order valence-electron chi connectivity index (χ4n) is 3.81. The molecule has 1 aromatic carbocycles. The van der Waals surface area contributed by atoms with Gasteiger partial charge in [-0.25, -0.2) is 0 Å². The molecule has 2 aromatic heterocycles. The third-order valence-electron chi connectivity index (χ3n) is 5.33. The summed E-state index contributed by atoms with van der Waals surface area (Å²) in [5.41, 5.74) is 1.00. The maximum Gasteiger partial charge on any atom is 0.416 e. The Morgan fingerprint density at radius 3 is 2.55 bits per heavy atom. The maximum atomic E-state index is 13.3. The molecular weight excluding hydrogens is 455 g/mol. The zero-order chi connectivity index (χ0) is 23.2. The van der Waals surface area contributed by atoms with Crippen molar-refractivity contribution in [2.45, 2.75) is 33.0 Å². The van der Waals surface area contributed by atoms with Crippen LogP contribution in [-0.2, 0) is 6.18 Å². The smallest absolute Gasteiger partial charge is 0.322 e. The number of hydrogen-bond acceptors (Lipinski definition) is 4. The van der Waals surface area contributed by atoms with Gasteiger partial charge in [-0.3, -0.25) is 19.3 Å². The van der Waals surface area contributed by atoms with Crippen molar-refractivity contribution in [2.24, 2.45) is 0 Å². The summed E-state index contributed by atoms with van der Waals surface area (Å²) in [6, 6.07) is 6.60. The molecule has 3 heterocycles. The molecule has 1 aliphatic heterocycles. The van der Waals surface area contributed by atoms with Gasteiger partial charge in [0.15, 0.2) is 0 Å². The number of hydrogen-bond donors (Lipinski definition) is 1. The Morgan fingerprint density at radius 2 is 1.91 bits per heavy atom. The van der Waals surface area contributed by atoms with Crippen LogP contribution in [0.3, 0.4) is 0 Å². The summed E-state index contributed by atoms with van der Waals surface area (Å²) >= 11 is 0. The van der Waals surface area contributed by atoms with E-state index in [-0.39, 0.29) is 42.9 Å². The first-order valence-electron chi connectivity index (χ1n) is 9.87. The largest absolute Gasteiger partial charge is 0.416 e. The van der Waals surface area contributed by atoms with Crippen LogP contribution < -0.4 is 10.2 Å². The van der Waals surface area contributed by atoms with Gasteiger partial charge in [0.1, 0.15) is 5.69 Å². The topological polar surface area (TPSA) is 80.1 Å². The molecule has 4 rings (SSSR count). The number of fused-ring (bicyclic) bond motifs is 1. The average Bonchev–Trinajstić information content (AvgIpc) is 3.16. The van der Waals surface area contributed by atoms with Crippen LogP contribution in [-0.4, -0.2) is 33.1 Å². The zero-order valence-corrected chi connectivity index (χ0v) is 19.1. The SMILES string of the molecule is Cc1cc(NC(=O)c2cnn3c2C(=O)N(c2ccc(C(F)(F)F)c(C)c2)C[C@@H]3C)ccn1.S. The predicted octanol–water partition coefficient (Wildman–Crippen LogP) is 4.50. The first-order chi connectivity index (χ1) is 15.1. The van der Waals surface area contributed by atoms with Crippen LogP contribution in [0.5, 0.6) is 0 Å². The molecule has 33 heavy (non-hydrogen) atoms. The Morgan fingerprint density at radius 1 is 1.18 bits per heavy atom. The van der Waals surface area contributed by atoms with Crippen molar-refractivity contribution in [3.63, 3.8) is 0 Å². The Hall–Kier alpha value is -3.34. The highest BCUT2D eigenvalue weighted by atomic mass is 32.1. The van der Waals surface area contributed by atoms with Crippen LogP contribution in [0.4, 0.5) is 24.5 Å². The van der Waals surface area contributed by atoms with Gasteiger partial charge < -0.3 is 10.2 Å². The molecule has 3 aromatic rings. The lowest BCUT2D eigenvalue weighted by Crippen LogP contribution is -2.43. The third-order valence-corrected chi connectivity index (χ3v) is 5.33. The van der Waals surface area contributed by atoms with Gasteiger partial charge in [0.05, 0.1) is 23.4 Å². The second kappa shape index (κ2) is 8.89. The van der Waals surface area contributed by atoms with Crippen LogP contribution >= 0.6 is 13.5 Å². The Balaban J connectivity index is 0.00000306. The van der Waals surface area contributed by atoms with Crippen molar-refractivity contribution in [3.8, 4) is 0 Å². The number of halogens is 3. The Kier molecular flexibility index (Phi) is 6.55. The van der Waals surface area contributed by atoms with E-state index in [1.165, 1.54) is 34.8 Å². The van der Waals surface area contributed by atoms with Crippen LogP contribution in [0.1, 0.15) is 50.6 Å². The molecule has 0 saturated heterocycles. The van der Waals surface area contributed by atoms with Gasteiger partial charge in [0, 0.05) is 29.8 Å². The standard InChI is InChI=1S/C22H20F3N5O2.H2S/c1-12-8-16(4-5-18(12)22(23,24)25)29-11-14(3)30-19(21(29)32)17(10-27-30)20(31)28-15-6-7-26-13(2)9-15;/h4-10,14H,11H2,1-3H3,(H,26,28,31);1H2/t14-;/m0./s1. The molecule has 0 unspecified atom stereocenters. The molecule has 2 amide bonds. The summed E-state index contributed by atoms with van der Waals surface area (Å²) in [4.78, 5) is 31.6. The normalized spacial score (nSPS) is 15.6. The number of alkyl halides is 3. The number of nitrogens with zero attached hydrogens (tertiary/aromatic N) is 4. The van der Waals surface area contributed by atoms with E-state index < -0.39 is 23.6 Å². The van der Waals surface area contributed by atoms with Crippen LogP contribution in [0.15, 0.2) is 42.7 Å². The molecular formula is C22H22F3N5O2S. The van der Waals surface area contributed by atoms with Gasteiger partial charge in [0.2, 0.25) is 0 Å². The number of nitrogens with one attached hydrogen (secondary N) is 1. The monoisotopic (exact) mass is 477 g/mol. The van der Waals surface area contributed by atoms with Gasteiger partial charge >= 0.3 is 6.18 Å². The minimum absolute atomic E-state index is 0. The van der Waals surface area contributed by atoms with E-state index in [1.807, 2.05) is 6.92 Å². The highest BCUT2D eigenvalue weighted by Gasteiger charge is 2.37. The molecule has 0 radical (unpaired) electrons. The molecule has 0 bridgehead atoms. The van der Waals surface area contributed by atoms with E-state index >= 15 is 0 Å². The molecule has 0 saturated carbocycles. The molecule has 11 heteroatoms. The summed E-state index contributed by atoms with van der Waals surface area (Å²) in [5.74, 6) is -1.02. The number of anilines is 2. The van der Waals surface area contributed by atoms with Gasteiger partial charge in [-0.2, -0.15) is 31.8 Å². The highest BCUT2D eigenvalue weighted by Crippen LogP contribution is 2.35. The molecule has 7 nitrogen and oxygen atoms in total. The fraction of sp³-hybridized carbons (Fsp3) is 0.273. The first kappa shape index (κ1) is 24.3. The van der Waals surface area contributed by atoms with Gasteiger partial charge in [0.25, 0.3) is 11.8 Å². The summed E-state index contributed by atoms with van der Waals surface area (Å²) in [6.07, 6.45) is -1.59. The second-order valence-electron chi connectivity index (χ2n) is 7.75. The average molecular weight is 478 g/mol. The first-order valence-corrected chi connectivity index (χ1v) is 9.87. The van der Waals surface area contributed by atoms with Crippen LogP contribution in [0, 0.1) is 13.8 Å². The van der Waals surface area contributed by atoms with Gasteiger partial charge in [-0.1, -0.05) is 0 Å². The van der Waals surface area contributed by atoms with Crippen molar-refractivity contribution >= 4 is 36.7 Å². The van der Waals surface area contributed by atoms with Crippen molar-refractivity contribution in [1.82, 2.24) is 14.8 Å². The summed E-state index contributed by atoms with van der Waals surface area (Å²) in [7, 11) is 0. The van der Waals surface area contributed by atoms with Crippen LogP contribution in [0.2, 0.25) is 0 Å². The number of rotatable bonds is 3. The molecule has 0 fully saturated rings. The van der Waals surface area contributed by atoms with E-state index in [4.69, 9.17) is 0 Å². The van der Waals surface area contributed by atoms with E-state index in [0.717, 1.165) is 6.07 Å². The van der Waals surface area contributed by atoms with Crippen molar-refractivity contribution in [3.05, 3.63) is 70.8 Å². The lowest BCUT2D eigenvalue weighted by atomic mass is 10.0. The fourth-order valence-corrected chi connectivity index (χ4v) is 3.81. The van der Waals surface area contributed by atoms with Crippen molar-refractivity contribution in [2.75, 3.05) is 16.8 Å². The maximum absolute atomic E-state index is 13.3. The van der Waals surface area contributed by atoms with Crippen molar-refractivity contribution in [1.29, 1.82) is 0 Å².